The van der Waals surface area contributed by atoms with Gasteiger partial charge in [0.25, 0.3) is 0 Å². The summed E-state index contributed by atoms with van der Waals surface area (Å²) in [6.07, 6.45) is 6.41. The molecular formula is C6H5N4. The number of H-pyrrole nitrogens is 2. The zero-order valence-corrected chi connectivity index (χ0v) is 5.13. The Balaban J connectivity index is 2.48. The first kappa shape index (κ1) is 5.22. The predicted octanol–water partition coefficient (Wildman–Crippen LogP) is 0.600. The molecule has 0 aliphatic rings. The molecular weight excluding hydrogens is 128 g/mol. The van der Waals surface area contributed by atoms with Crippen molar-refractivity contribution >= 4 is 0 Å². The van der Waals surface area contributed by atoms with Crippen LogP contribution in [0.4, 0.5) is 0 Å². The molecule has 2 rings (SSSR count). The summed E-state index contributed by atoms with van der Waals surface area (Å²) < 4.78 is 0. The SMILES string of the molecule is [c]1[nH]ccc1-c1c[nH]nn1. The molecule has 0 fully saturated rings. The molecule has 1 radical (unpaired) electrons. The topological polar surface area (TPSA) is 57.4 Å². The van der Waals surface area contributed by atoms with Crippen LogP contribution in [0, 0.1) is 6.20 Å². The highest BCUT2D eigenvalue weighted by Gasteiger charge is 1.98. The van der Waals surface area contributed by atoms with E-state index in [0.29, 0.717) is 0 Å². The van der Waals surface area contributed by atoms with Crippen molar-refractivity contribution in [3.63, 3.8) is 0 Å². The summed E-state index contributed by atoms with van der Waals surface area (Å²) in [6.45, 7) is 0. The fraction of sp³-hybridized carbons (Fsp3) is 0. The minimum absolute atomic E-state index is 0.807. The summed E-state index contributed by atoms with van der Waals surface area (Å²) >= 11 is 0. The maximum atomic E-state index is 3.80. The third-order valence-corrected chi connectivity index (χ3v) is 1.23. The Morgan fingerprint density at radius 1 is 1.50 bits per heavy atom. The van der Waals surface area contributed by atoms with E-state index in [1.54, 1.807) is 12.4 Å². The second kappa shape index (κ2) is 1.98. The van der Waals surface area contributed by atoms with Crippen LogP contribution in [0.5, 0.6) is 0 Å². The van der Waals surface area contributed by atoms with Crippen LogP contribution in [0.1, 0.15) is 0 Å². The largest absolute Gasteiger partial charge is 0.359 e. The van der Waals surface area contributed by atoms with E-state index in [9.17, 15) is 0 Å². The second-order valence-electron chi connectivity index (χ2n) is 1.88. The highest BCUT2D eigenvalue weighted by molar-refractivity contribution is 5.55. The van der Waals surface area contributed by atoms with E-state index >= 15 is 0 Å². The molecule has 0 saturated carbocycles. The smallest absolute Gasteiger partial charge is 0.114 e. The molecule has 0 saturated heterocycles. The number of hydrogen-bond acceptors (Lipinski definition) is 2. The molecule has 0 unspecified atom stereocenters. The number of hydrogen-bond donors (Lipinski definition) is 2. The van der Waals surface area contributed by atoms with Crippen molar-refractivity contribution in [2.75, 3.05) is 0 Å². The van der Waals surface area contributed by atoms with Gasteiger partial charge in [-0.2, -0.15) is 0 Å². The van der Waals surface area contributed by atoms with Gasteiger partial charge in [0.05, 0.1) is 12.4 Å². The van der Waals surface area contributed by atoms with E-state index in [-0.39, 0.29) is 0 Å². The van der Waals surface area contributed by atoms with Gasteiger partial charge in [0.15, 0.2) is 0 Å². The van der Waals surface area contributed by atoms with E-state index in [1.165, 1.54) is 0 Å². The van der Waals surface area contributed by atoms with Gasteiger partial charge in [0, 0.05) is 11.8 Å². The Morgan fingerprint density at radius 2 is 2.50 bits per heavy atom. The molecule has 0 bridgehead atoms. The number of aromatic nitrogens is 4. The molecule has 49 valence electrons. The molecule has 0 spiro atoms. The van der Waals surface area contributed by atoms with Gasteiger partial charge in [-0.1, -0.05) is 5.21 Å². The predicted molar refractivity (Wildman–Crippen MR) is 35.0 cm³/mol. The summed E-state index contributed by atoms with van der Waals surface area (Å²) in [5.41, 5.74) is 1.73. The van der Waals surface area contributed by atoms with Gasteiger partial charge in [-0.05, 0) is 6.07 Å². The number of nitrogens with zero attached hydrogens (tertiary/aromatic N) is 2. The van der Waals surface area contributed by atoms with Crippen LogP contribution >= 0.6 is 0 Å². The van der Waals surface area contributed by atoms with Crippen LogP contribution in [-0.4, -0.2) is 20.4 Å². The van der Waals surface area contributed by atoms with Gasteiger partial charge >= 0.3 is 0 Å². The molecule has 4 nitrogen and oxygen atoms in total. The minimum Gasteiger partial charge on any atom is -0.359 e. The van der Waals surface area contributed by atoms with Crippen molar-refractivity contribution in [3.8, 4) is 11.3 Å². The molecule has 0 amide bonds. The standard InChI is InChI=1S/C6H5N4/c1-2-7-3-5(1)6-4-8-10-9-6/h1-2,4,7H,(H,8,9,10). The summed E-state index contributed by atoms with van der Waals surface area (Å²) in [6, 6.07) is 1.89. The molecule has 4 heteroatoms. The number of aromatic amines is 2. The van der Waals surface area contributed by atoms with Crippen molar-refractivity contribution in [2.24, 2.45) is 0 Å². The van der Waals surface area contributed by atoms with Crippen LogP contribution in [0.2, 0.25) is 0 Å². The summed E-state index contributed by atoms with van der Waals surface area (Å²) in [7, 11) is 0. The average Bonchev–Trinajstić information content (AvgIpc) is 2.59. The molecule has 2 aromatic rings. The van der Waals surface area contributed by atoms with E-state index in [4.69, 9.17) is 0 Å². The van der Waals surface area contributed by atoms with Gasteiger partial charge in [-0.15, -0.1) is 5.10 Å². The third-order valence-electron chi connectivity index (χ3n) is 1.23. The fourth-order valence-electron chi connectivity index (χ4n) is 0.769. The third kappa shape index (κ3) is 0.699. The summed E-state index contributed by atoms with van der Waals surface area (Å²) in [5, 5.41) is 9.99. The highest BCUT2D eigenvalue weighted by atomic mass is 15.3. The Labute approximate surface area is 57.3 Å². The maximum Gasteiger partial charge on any atom is 0.114 e. The lowest BCUT2D eigenvalue weighted by molar-refractivity contribution is 0.942. The second-order valence-corrected chi connectivity index (χ2v) is 1.88. The Bertz CT molecular complexity index is 249. The summed E-state index contributed by atoms with van der Waals surface area (Å²) in [4.78, 5) is 2.81. The van der Waals surface area contributed by atoms with Crippen molar-refractivity contribution < 1.29 is 0 Å². The van der Waals surface area contributed by atoms with Gasteiger partial charge in [0.1, 0.15) is 5.69 Å². The molecule has 2 aromatic heterocycles. The molecule has 10 heavy (non-hydrogen) atoms. The van der Waals surface area contributed by atoms with Gasteiger partial charge in [0.2, 0.25) is 0 Å². The molecule has 0 atom stereocenters. The van der Waals surface area contributed by atoms with Gasteiger partial charge in [-0.3, -0.25) is 5.10 Å². The van der Waals surface area contributed by atoms with Gasteiger partial charge < -0.3 is 4.98 Å². The molecule has 0 aromatic carbocycles. The van der Waals surface area contributed by atoms with Crippen LogP contribution in [0.3, 0.4) is 0 Å². The van der Waals surface area contributed by atoms with Crippen LogP contribution in [0.15, 0.2) is 18.5 Å². The lowest BCUT2D eigenvalue weighted by Gasteiger charge is -1.80. The zero-order chi connectivity index (χ0) is 6.81. The first-order valence-corrected chi connectivity index (χ1v) is 2.89. The van der Waals surface area contributed by atoms with Crippen molar-refractivity contribution in [2.45, 2.75) is 0 Å². The van der Waals surface area contributed by atoms with Crippen molar-refractivity contribution in [3.05, 3.63) is 24.7 Å². The highest BCUT2D eigenvalue weighted by Crippen LogP contribution is 2.11. The first-order chi connectivity index (χ1) is 4.97. The van der Waals surface area contributed by atoms with Crippen LogP contribution < -0.4 is 0 Å². The fourth-order valence-corrected chi connectivity index (χ4v) is 0.769. The zero-order valence-electron chi connectivity index (χ0n) is 5.13. The average molecular weight is 133 g/mol. The van der Waals surface area contributed by atoms with E-state index in [0.717, 1.165) is 11.3 Å². The lowest BCUT2D eigenvalue weighted by Crippen LogP contribution is -1.72. The monoisotopic (exact) mass is 133 g/mol. The van der Waals surface area contributed by atoms with Crippen LogP contribution in [0.25, 0.3) is 11.3 Å². The number of rotatable bonds is 1. The minimum atomic E-state index is 0.807. The van der Waals surface area contributed by atoms with E-state index in [2.05, 4.69) is 26.6 Å². The molecule has 2 N–H and O–H groups in total. The lowest BCUT2D eigenvalue weighted by atomic mass is 10.3. The number of nitrogens with one attached hydrogen (secondary N) is 2. The Morgan fingerprint density at radius 3 is 3.10 bits per heavy atom. The quantitative estimate of drug-likeness (QED) is 0.598. The molecule has 0 aliphatic heterocycles. The van der Waals surface area contributed by atoms with Crippen molar-refractivity contribution in [1.82, 2.24) is 20.4 Å². The Hall–Kier alpha value is -1.58. The van der Waals surface area contributed by atoms with E-state index < -0.39 is 0 Å². The van der Waals surface area contributed by atoms with Gasteiger partial charge in [-0.25, -0.2) is 0 Å². The molecule has 0 aliphatic carbocycles. The van der Waals surface area contributed by atoms with E-state index in [1.807, 2.05) is 6.07 Å². The Kier molecular flexibility index (Phi) is 1.04. The maximum absolute atomic E-state index is 3.80. The molecule has 2 heterocycles. The van der Waals surface area contributed by atoms with Crippen molar-refractivity contribution in [1.29, 1.82) is 0 Å². The normalized spacial score (nSPS) is 10.0. The summed E-state index contributed by atoms with van der Waals surface area (Å²) in [5.74, 6) is 0. The van der Waals surface area contributed by atoms with Crippen LogP contribution in [-0.2, 0) is 0 Å². The first-order valence-electron chi connectivity index (χ1n) is 2.89.